The maximum absolute atomic E-state index is 12.6. The van der Waals surface area contributed by atoms with Crippen molar-refractivity contribution < 1.29 is 14.3 Å². The summed E-state index contributed by atoms with van der Waals surface area (Å²) in [6.45, 7) is 3.18. The number of methoxy groups -OCH3 is 1. The molecule has 3 aromatic heterocycles. The van der Waals surface area contributed by atoms with E-state index in [1.165, 1.54) is 23.4 Å². The Kier molecular flexibility index (Phi) is 5.88. The minimum absolute atomic E-state index is 0.226. The summed E-state index contributed by atoms with van der Waals surface area (Å²) in [5.74, 6) is 0.602. The van der Waals surface area contributed by atoms with E-state index in [9.17, 15) is 4.79 Å². The van der Waals surface area contributed by atoms with Crippen LogP contribution in [0, 0.1) is 0 Å². The molecule has 0 radical (unpaired) electrons. The molecule has 1 aliphatic rings. The molecule has 1 unspecified atom stereocenters. The van der Waals surface area contributed by atoms with Crippen molar-refractivity contribution in [3.8, 4) is 5.82 Å². The molecule has 0 saturated carbocycles. The number of amides is 2. The fraction of sp³-hybridized carbons (Fsp3) is 0.316. The zero-order valence-electron chi connectivity index (χ0n) is 16.4. The highest BCUT2D eigenvalue weighted by Gasteiger charge is 2.27. The highest BCUT2D eigenvalue weighted by Crippen LogP contribution is 2.35. The van der Waals surface area contributed by atoms with Crippen LogP contribution in [0.4, 0.5) is 16.2 Å². The van der Waals surface area contributed by atoms with Gasteiger partial charge in [-0.15, -0.1) is 4.80 Å². The molecular formula is C19H20ClN7O3. The van der Waals surface area contributed by atoms with Gasteiger partial charge in [-0.3, -0.25) is 4.98 Å². The molecule has 0 bridgehead atoms. The Hall–Kier alpha value is -3.08. The van der Waals surface area contributed by atoms with Gasteiger partial charge in [0.2, 0.25) is 0 Å². The Morgan fingerprint density at radius 2 is 2.03 bits per heavy atom. The van der Waals surface area contributed by atoms with Crippen molar-refractivity contribution in [3.05, 3.63) is 53.2 Å². The largest absolute Gasteiger partial charge is 0.380 e. The Balaban J connectivity index is 1.52. The van der Waals surface area contributed by atoms with E-state index in [0.717, 1.165) is 11.1 Å². The van der Waals surface area contributed by atoms with Gasteiger partial charge < -0.3 is 20.1 Å². The van der Waals surface area contributed by atoms with Crippen LogP contribution in [0.5, 0.6) is 0 Å². The average Bonchev–Trinajstić information content (AvgIpc) is 3.21. The molecule has 3 aromatic rings. The Bertz CT molecular complexity index is 1040. The monoisotopic (exact) mass is 429 g/mol. The number of carbonyl (C=O) groups excluding carboxylic acids is 1. The number of pyridine rings is 2. The van der Waals surface area contributed by atoms with Crippen molar-refractivity contribution in [1.29, 1.82) is 0 Å². The number of anilines is 2. The lowest BCUT2D eigenvalue weighted by Crippen LogP contribution is -2.28. The lowest BCUT2D eigenvalue weighted by molar-refractivity contribution is 0.00668. The van der Waals surface area contributed by atoms with Gasteiger partial charge in [-0.1, -0.05) is 11.6 Å². The predicted molar refractivity (Wildman–Crippen MR) is 110 cm³/mol. The summed E-state index contributed by atoms with van der Waals surface area (Å²) in [7, 11) is 1.62. The molecule has 0 spiro atoms. The molecule has 0 aromatic carbocycles. The molecule has 1 aliphatic heterocycles. The highest BCUT2D eigenvalue weighted by atomic mass is 35.5. The second-order valence-electron chi connectivity index (χ2n) is 6.73. The number of rotatable bonds is 6. The lowest BCUT2D eigenvalue weighted by Gasteiger charge is -2.30. The van der Waals surface area contributed by atoms with E-state index in [2.05, 4.69) is 30.8 Å². The van der Waals surface area contributed by atoms with Crippen LogP contribution in [0.3, 0.4) is 0 Å². The molecule has 1 saturated heterocycles. The van der Waals surface area contributed by atoms with Gasteiger partial charge in [-0.25, -0.2) is 9.78 Å². The van der Waals surface area contributed by atoms with Crippen LogP contribution in [0.15, 0.2) is 37.1 Å². The van der Waals surface area contributed by atoms with Crippen molar-refractivity contribution >= 4 is 29.0 Å². The van der Waals surface area contributed by atoms with Crippen molar-refractivity contribution in [2.45, 2.75) is 18.9 Å². The first-order valence-electron chi connectivity index (χ1n) is 9.25. The highest BCUT2D eigenvalue weighted by molar-refractivity contribution is 6.32. The SMILES string of the molecule is COC(C)c1c(NC(=O)Nc2cnc(-n3nccn3)c(Cl)c2)cncc1C1COC1. The summed E-state index contributed by atoms with van der Waals surface area (Å²) >= 11 is 6.25. The molecule has 156 valence electrons. The van der Waals surface area contributed by atoms with Gasteiger partial charge in [0, 0.05) is 24.8 Å². The first-order valence-corrected chi connectivity index (χ1v) is 9.63. The van der Waals surface area contributed by atoms with Gasteiger partial charge in [-0.05, 0) is 18.6 Å². The summed E-state index contributed by atoms with van der Waals surface area (Å²) in [4.78, 5) is 22.4. The molecule has 1 atom stereocenters. The molecule has 2 amide bonds. The molecule has 10 nitrogen and oxygen atoms in total. The van der Waals surface area contributed by atoms with E-state index in [1.54, 1.807) is 25.6 Å². The number of hydrogen-bond donors (Lipinski definition) is 2. The fourth-order valence-corrected chi connectivity index (χ4v) is 3.40. The van der Waals surface area contributed by atoms with E-state index < -0.39 is 6.03 Å². The van der Waals surface area contributed by atoms with Gasteiger partial charge in [0.25, 0.3) is 0 Å². The third-order valence-electron chi connectivity index (χ3n) is 4.79. The van der Waals surface area contributed by atoms with Crippen LogP contribution in [0.2, 0.25) is 5.02 Å². The van der Waals surface area contributed by atoms with Crippen LogP contribution < -0.4 is 10.6 Å². The Morgan fingerprint density at radius 3 is 2.67 bits per heavy atom. The maximum Gasteiger partial charge on any atom is 0.323 e. The van der Waals surface area contributed by atoms with E-state index >= 15 is 0 Å². The normalized spacial score (nSPS) is 14.8. The van der Waals surface area contributed by atoms with Gasteiger partial charge >= 0.3 is 6.03 Å². The molecule has 0 aliphatic carbocycles. The standard InChI is InChI=1S/C19H20ClN7O3/c1-11(29-2)17-14(12-9-30-10-12)7-21-8-16(17)26-19(28)25-13-5-15(20)18(22-6-13)27-23-3-4-24-27/h3-8,11-12H,9-10H2,1-2H3,(H2,25,26,28). The van der Waals surface area contributed by atoms with E-state index in [0.29, 0.717) is 35.4 Å². The van der Waals surface area contributed by atoms with Crippen molar-refractivity contribution in [2.24, 2.45) is 0 Å². The third kappa shape index (κ3) is 4.11. The number of hydrogen-bond acceptors (Lipinski definition) is 7. The molecule has 4 rings (SSSR count). The first kappa shape index (κ1) is 20.2. The van der Waals surface area contributed by atoms with E-state index in [4.69, 9.17) is 21.1 Å². The number of ether oxygens (including phenoxy) is 2. The predicted octanol–water partition coefficient (Wildman–Crippen LogP) is 3.18. The first-order chi connectivity index (χ1) is 14.6. The van der Waals surface area contributed by atoms with Crippen molar-refractivity contribution in [3.63, 3.8) is 0 Å². The van der Waals surface area contributed by atoms with Crippen LogP contribution in [-0.2, 0) is 9.47 Å². The lowest BCUT2D eigenvalue weighted by atomic mass is 9.91. The van der Waals surface area contributed by atoms with Gasteiger partial charge in [0.1, 0.15) is 0 Å². The topological polar surface area (TPSA) is 116 Å². The quantitative estimate of drug-likeness (QED) is 0.618. The number of urea groups is 1. The summed E-state index contributed by atoms with van der Waals surface area (Å²) in [5, 5.41) is 13.9. The number of nitrogens with one attached hydrogen (secondary N) is 2. The van der Waals surface area contributed by atoms with Crippen LogP contribution in [0.1, 0.15) is 30.1 Å². The minimum Gasteiger partial charge on any atom is -0.380 e. The molecular weight excluding hydrogens is 410 g/mol. The molecule has 4 heterocycles. The molecule has 1 fully saturated rings. The van der Waals surface area contributed by atoms with Gasteiger partial charge in [-0.2, -0.15) is 10.2 Å². The maximum atomic E-state index is 12.6. The van der Waals surface area contributed by atoms with Crippen molar-refractivity contribution in [1.82, 2.24) is 25.0 Å². The Morgan fingerprint density at radius 1 is 1.27 bits per heavy atom. The zero-order chi connectivity index (χ0) is 21.1. The second-order valence-corrected chi connectivity index (χ2v) is 7.14. The average molecular weight is 430 g/mol. The van der Waals surface area contributed by atoms with Gasteiger partial charge in [0.05, 0.1) is 60.5 Å². The Labute approximate surface area is 177 Å². The smallest absolute Gasteiger partial charge is 0.323 e. The minimum atomic E-state index is -0.453. The van der Waals surface area contributed by atoms with E-state index in [1.807, 2.05) is 6.92 Å². The van der Waals surface area contributed by atoms with Gasteiger partial charge in [0.15, 0.2) is 5.82 Å². The molecule has 2 N–H and O–H groups in total. The molecule has 30 heavy (non-hydrogen) atoms. The van der Waals surface area contributed by atoms with E-state index in [-0.39, 0.29) is 12.0 Å². The fourth-order valence-electron chi connectivity index (χ4n) is 3.15. The second kappa shape index (κ2) is 8.74. The summed E-state index contributed by atoms with van der Waals surface area (Å²) in [6.07, 6.45) is 7.69. The summed E-state index contributed by atoms with van der Waals surface area (Å²) in [6, 6.07) is 1.12. The summed E-state index contributed by atoms with van der Waals surface area (Å²) in [5.41, 5.74) is 2.88. The number of carbonyl (C=O) groups is 1. The van der Waals surface area contributed by atoms with Crippen LogP contribution in [-0.4, -0.2) is 51.3 Å². The zero-order valence-corrected chi connectivity index (χ0v) is 17.1. The molecule has 11 heteroatoms. The third-order valence-corrected chi connectivity index (χ3v) is 5.07. The van der Waals surface area contributed by atoms with Crippen LogP contribution >= 0.6 is 11.6 Å². The van der Waals surface area contributed by atoms with Crippen LogP contribution in [0.25, 0.3) is 5.82 Å². The summed E-state index contributed by atoms with van der Waals surface area (Å²) < 4.78 is 10.8. The number of nitrogens with zero attached hydrogens (tertiary/aromatic N) is 5. The number of aromatic nitrogens is 5. The van der Waals surface area contributed by atoms with Crippen molar-refractivity contribution in [2.75, 3.05) is 31.0 Å². The number of halogens is 1.